The van der Waals surface area contributed by atoms with Gasteiger partial charge < -0.3 is 5.73 Å². The molecule has 18 heavy (non-hydrogen) atoms. The predicted molar refractivity (Wildman–Crippen MR) is 66.5 cm³/mol. The summed E-state index contributed by atoms with van der Waals surface area (Å²) in [4.78, 5) is 38.8. The van der Waals surface area contributed by atoms with E-state index in [-0.39, 0.29) is 13.0 Å². The molecule has 0 aromatic carbocycles. The molecule has 1 rings (SSSR count). The third-order valence-corrected chi connectivity index (χ3v) is 3.25. The van der Waals surface area contributed by atoms with E-state index < -0.39 is 28.8 Å². The van der Waals surface area contributed by atoms with Crippen molar-refractivity contribution >= 4 is 17.8 Å². The Morgan fingerprint density at radius 1 is 1.17 bits per heavy atom. The Kier molecular flexibility index (Phi) is 3.53. The van der Waals surface area contributed by atoms with Crippen LogP contribution in [0.3, 0.4) is 0 Å². The van der Waals surface area contributed by atoms with Gasteiger partial charge in [0.05, 0.1) is 0 Å². The minimum Gasteiger partial charge on any atom is -0.330 e. The first-order valence-corrected chi connectivity index (χ1v) is 5.94. The third kappa shape index (κ3) is 2.01. The summed E-state index contributed by atoms with van der Waals surface area (Å²) in [5.41, 5.74) is 3.56. The van der Waals surface area contributed by atoms with Gasteiger partial charge in [0.2, 0.25) is 11.8 Å². The molecule has 0 saturated carbocycles. The van der Waals surface area contributed by atoms with Crippen LogP contribution in [0.4, 0.5) is 4.79 Å². The van der Waals surface area contributed by atoms with Crippen LogP contribution in [0.2, 0.25) is 0 Å². The monoisotopic (exact) mass is 255 g/mol. The van der Waals surface area contributed by atoms with Gasteiger partial charge in [0.25, 0.3) is 0 Å². The van der Waals surface area contributed by atoms with Crippen LogP contribution in [0.1, 0.15) is 34.1 Å². The van der Waals surface area contributed by atoms with Gasteiger partial charge >= 0.3 is 6.03 Å². The largest absolute Gasteiger partial charge is 0.333 e. The van der Waals surface area contributed by atoms with Gasteiger partial charge in [0.1, 0.15) is 5.41 Å². The molecular weight excluding hydrogens is 234 g/mol. The average Bonchev–Trinajstić information content (AvgIpc) is 2.23. The summed E-state index contributed by atoms with van der Waals surface area (Å²) < 4.78 is 0. The van der Waals surface area contributed by atoms with Crippen LogP contribution in [-0.2, 0) is 9.59 Å². The summed E-state index contributed by atoms with van der Waals surface area (Å²) in [5, 5.41) is 0. The Hall–Kier alpha value is -1.43. The normalized spacial score (nSPS) is 26.0. The summed E-state index contributed by atoms with van der Waals surface area (Å²) in [6.07, 6.45) is 0.231. The lowest BCUT2D eigenvalue weighted by Gasteiger charge is -2.46. The number of rotatable bonds is 2. The first kappa shape index (κ1) is 14.6. The SMILES string of the molecule is CN1C(=O)N(C(C)(C)C)C(=O)C(C)(CCN)C1=O. The van der Waals surface area contributed by atoms with Gasteiger partial charge in [-0.1, -0.05) is 0 Å². The van der Waals surface area contributed by atoms with Crippen LogP contribution in [0.25, 0.3) is 0 Å². The van der Waals surface area contributed by atoms with Gasteiger partial charge in [-0.3, -0.25) is 19.4 Å². The molecule has 1 aliphatic rings. The second kappa shape index (κ2) is 4.35. The van der Waals surface area contributed by atoms with Crippen molar-refractivity contribution in [2.45, 2.75) is 39.7 Å². The lowest BCUT2D eigenvalue weighted by molar-refractivity contribution is -0.160. The quantitative estimate of drug-likeness (QED) is 0.731. The average molecular weight is 255 g/mol. The molecule has 4 amide bonds. The standard InChI is InChI=1S/C12H21N3O3/c1-11(2,3)15-9(17)12(4,6-7-13)8(16)14(5)10(15)18/h6-7,13H2,1-5H3. The number of amides is 4. The molecule has 1 atom stereocenters. The number of imide groups is 2. The topological polar surface area (TPSA) is 83.7 Å². The van der Waals surface area contributed by atoms with Crippen LogP contribution in [-0.4, -0.2) is 46.8 Å². The summed E-state index contributed by atoms with van der Waals surface area (Å²) in [6, 6.07) is -0.577. The molecule has 102 valence electrons. The van der Waals surface area contributed by atoms with Gasteiger partial charge in [-0.25, -0.2) is 4.79 Å². The maximum Gasteiger partial charge on any atom is 0.333 e. The van der Waals surface area contributed by atoms with Crippen molar-refractivity contribution in [3.63, 3.8) is 0 Å². The Labute approximate surface area is 107 Å². The van der Waals surface area contributed by atoms with E-state index >= 15 is 0 Å². The number of urea groups is 1. The van der Waals surface area contributed by atoms with Gasteiger partial charge in [-0.15, -0.1) is 0 Å². The predicted octanol–water partition coefficient (Wildman–Crippen LogP) is 0.561. The molecule has 1 unspecified atom stereocenters. The number of barbiturate groups is 1. The number of carbonyl (C=O) groups excluding carboxylic acids is 3. The van der Waals surface area contributed by atoms with E-state index in [1.807, 2.05) is 0 Å². The van der Waals surface area contributed by atoms with Crippen LogP contribution in [0, 0.1) is 5.41 Å². The zero-order chi connectivity index (χ0) is 14.3. The number of carbonyl (C=O) groups is 3. The summed E-state index contributed by atoms with van der Waals surface area (Å²) in [7, 11) is 1.39. The van der Waals surface area contributed by atoms with Crippen LogP contribution < -0.4 is 5.73 Å². The maximum absolute atomic E-state index is 12.5. The molecule has 0 spiro atoms. The van der Waals surface area contributed by atoms with E-state index in [4.69, 9.17) is 5.73 Å². The fraction of sp³-hybridized carbons (Fsp3) is 0.750. The highest BCUT2D eigenvalue weighted by Gasteiger charge is 2.55. The highest BCUT2D eigenvalue weighted by Crippen LogP contribution is 2.34. The lowest BCUT2D eigenvalue weighted by atomic mass is 9.80. The van der Waals surface area contributed by atoms with Crippen molar-refractivity contribution in [2.24, 2.45) is 11.1 Å². The minimum atomic E-state index is -1.25. The molecule has 1 saturated heterocycles. The lowest BCUT2D eigenvalue weighted by Crippen LogP contribution is -2.67. The van der Waals surface area contributed by atoms with Gasteiger partial charge in [-0.05, 0) is 40.7 Å². The van der Waals surface area contributed by atoms with E-state index in [9.17, 15) is 14.4 Å². The van der Waals surface area contributed by atoms with Crippen molar-refractivity contribution in [2.75, 3.05) is 13.6 Å². The molecule has 0 aromatic heterocycles. The van der Waals surface area contributed by atoms with Crippen molar-refractivity contribution in [3.8, 4) is 0 Å². The van der Waals surface area contributed by atoms with E-state index in [0.717, 1.165) is 9.80 Å². The molecule has 2 N–H and O–H groups in total. The second-order valence-electron chi connectivity index (χ2n) is 5.83. The molecule has 1 aliphatic heterocycles. The highest BCUT2D eigenvalue weighted by atomic mass is 16.2. The minimum absolute atomic E-state index is 0.216. The fourth-order valence-corrected chi connectivity index (χ4v) is 2.13. The smallest absolute Gasteiger partial charge is 0.330 e. The number of hydrogen-bond donors (Lipinski definition) is 1. The van der Waals surface area contributed by atoms with Gasteiger partial charge in [-0.2, -0.15) is 0 Å². The maximum atomic E-state index is 12.5. The molecule has 0 radical (unpaired) electrons. The Morgan fingerprint density at radius 3 is 2.06 bits per heavy atom. The molecule has 0 aliphatic carbocycles. The highest BCUT2D eigenvalue weighted by molar-refractivity contribution is 6.19. The first-order chi connectivity index (χ1) is 8.07. The van der Waals surface area contributed by atoms with Crippen molar-refractivity contribution in [1.82, 2.24) is 9.80 Å². The van der Waals surface area contributed by atoms with Crippen molar-refractivity contribution < 1.29 is 14.4 Å². The Bertz CT molecular complexity index is 400. The van der Waals surface area contributed by atoms with Crippen molar-refractivity contribution in [3.05, 3.63) is 0 Å². The fourth-order valence-electron chi connectivity index (χ4n) is 2.13. The zero-order valence-corrected chi connectivity index (χ0v) is 11.6. The van der Waals surface area contributed by atoms with E-state index in [0.29, 0.717) is 0 Å². The van der Waals surface area contributed by atoms with Crippen LogP contribution in [0.5, 0.6) is 0 Å². The van der Waals surface area contributed by atoms with E-state index in [1.54, 1.807) is 27.7 Å². The second-order valence-corrected chi connectivity index (χ2v) is 5.83. The van der Waals surface area contributed by atoms with Gasteiger partial charge in [0, 0.05) is 12.6 Å². The molecule has 1 heterocycles. The Morgan fingerprint density at radius 2 is 1.67 bits per heavy atom. The molecule has 6 nitrogen and oxygen atoms in total. The van der Waals surface area contributed by atoms with Crippen LogP contribution >= 0.6 is 0 Å². The Balaban J connectivity index is 3.30. The van der Waals surface area contributed by atoms with Crippen molar-refractivity contribution in [1.29, 1.82) is 0 Å². The van der Waals surface area contributed by atoms with Crippen LogP contribution in [0.15, 0.2) is 0 Å². The number of nitrogens with two attached hydrogens (primary N) is 1. The van der Waals surface area contributed by atoms with Gasteiger partial charge in [0.15, 0.2) is 0 Å². The molecule has 1 fully saturated rings. The molecule has 6 heteroatoms. The summed E-state index contributed by atoms with van der Waals surface area (Å²) in [6.45, 7) is 7.04. The zero-order valence-electron chi connectivity index (χ0n) is 11.6. The van der Waals surface area contributed by atoms with E-state index in [1.165, 1.54) is 7.05 Å². The summed E-state index contributed by atoms with van der Waals surface area (Å²) >= 11 is 0. The third-order valence-electron chi connectivity index (χ3n) is 3.25. The van der Waals surface area contributed by atoms with E-state index in [2.05, 4.69) is 0 Å². The number of hydrogen-bond acceptors (Lipinski definition) is 4. The number of nitrogens with zero attached hydrogens (tertiary/aromatic N) is 2. The molecular formula is C12H21N3O3. The molecule has 0 bridgehead atoms. The first-order valence-electron chi connectivity index (χ1n) is 5.94. The summed E-state index contributed by atoms with van der Waals surface area (Å²) in [5.74, 6) is -0.947. The molecule has 0 aromatic rings.